The first-order chi connectivity index (χ1) is 9.65. The van der Waals surface area contributed by atoms with E-state index in [-0.39, 0.29) is 5.78 Å². The molecule has 0 aromatic heterocycles. The van der Waals surface area contributed by atoms with Crippen molar-refractivity contribution in [1.29, 1.82) is 0 Å². The third kappa shape index (κ3) is 3.20. The summed E-state index contributed by atoms with van der Waals surface area (Å²) in [5.41, 5.74) is 1.57. The number of ether oxygens (including phenoxy) is 2. The molecule has 4 heteroatoms. The lowest BCUT2D eigenvalue weighted by Crippen LogP contribution is -2.04. The van der Waals surface area contributed by atoms with Gasteiger partial charge in [0.25, 0.3) is 0 Å². The summed E-state index contributed by atoms with van der Waals surface area (Å²) in [5, 5.41) is 0. The zero-order valence-electron chi connectivity index (χ0n) is 11.4. The molecule has 3 nitrogen and oxygen atoms in total. The normalized spacial score (nSPS) is 10.2. The highest BCUT2D eigenvalue weighted by Gasteiger charge is 2.13. The number of hydrogen-bond donors (Lipinski definition) is 0. The molecule has 0 amide bonds. The van der Waals surface area contributed by atoms with Crippen molar-refractivity contribution < 1.29 is 14.3 Å². The lowest BCUT2D eigenvalue weighted by molar-refractivity contribution is 0.0992. The molecule has 2 aromatic carbocycles. The molecular formula is C16H15BrO3. The molecule has 0 bridgehead atoms. The summed E-state index contributed by atoms with van der Waals surface area (Å²) in [6.07, 6.45) is 0.310. The summed E-state index contributed by atoms with van der Waals surface area (Å²) in [4.78, 5) is 12.2. The Morgan fingerprint density at radius 2 is 1.65 bits per heavy atom. The highest BCUT2D eigenvalue weighted by Crippen LogP contribution is 2.33. The van der Waals surface area contributed by atoms with Crippen molar-refractivity contribution in [2.75, 3.05) is 14.2 Å². The Kier molecular flexibility index (Phi) is 4.79. The average molecular weight is 335 g/mol. The van der Waals surface area contributed by atoms with Gasteiger partial charge in [-0.05, 0) is 17.7 Å². The Bertz CT molecular complexity index is 609. The van der Waals surface area contributed by atoms with Gasteiger partial charge in [-0.25, -0.2) is 0 Å². The molecule has 0 atom stereocenters. The van der Waals surface area contributed by atoms with Crippen LogP contribution in [0.5, 0.6) is 11.5 Å². The van der Waals surface area contributed by atoms with E-state index in [0.717, 1.165) is 10.0 Å². The Hall–Kier alpha value is -1.81. The second-order valence-electron chi connectivity index (χ2n) is 4.26. The first-order valence-electron chi connectivity index (χ1n) is 6.14. The fraction of sp³-hybridized carbons (Fsp3) is 0.188. The van der Waals surface area contributed by atoms with E-state index in [1.165, 1.54) is 0 Å². The van der Waals surface area contributed by atoms with Gasteiger partial charge in [-0.2, -0.15) is 0 Å². The van der Waals surface area contributed by atoms with Crippen LogP contribution >= 0.6 is 15.9 Å². The van der Waals surface area contributed by atoms with Crippen LogP contribution in [-0.4, -0.2) is 20.0 Å². The zero-order valence-corrected chi connectivity index (χ0v) is 12.9. The molecule has 0 N–H and O–H groups in total. The monoisotopic (exact) mass is 334 g/mol. The van der Waals surface area contributed by atoms with E-state index in [9.17, 15) is 4.79 Å². The molecule has 0 saturated carbocycles. The van der Waals surface area contributed by atoms with Crippen LogP contribution < -0.4 is 9.47 Å². The topological polar surface area (TPSA) is 35.5 Å². The first kappa shape index (κ1) is 14.6. The van der Waals surface area contributed by atoms with Crippen LogP contribution in [0.25, 0.3) is 0 Å². The number of carbonyl (C=O) groups is 1. The maximum atomic E-state index is 12.2. The van der Waals surface area contributed by atoms with Crippen molar-refractivity contribution in [2.45, 2.75) is 6.42 Å². The number of benzene rings is 2. The van der Waals surface area contributed by atoms with Crippen LogP contribution in [0.4, 0.5) is 0 Å². The summed E-state index contributed by atoms with van der Waals surface area (Å²) in [5.74, 6) is 1.32. The fourth-order valence-electron chi connectivity index (χ4n) is 1.93. The number of rotatable bonds is 5. The van der Waals surface area contributed by atoms with E-state index in [1.807, 2.05) is 42.5 Å². The number of Topliss-reactive ketones (excluding diaryl/α,β-unsaturated/α-hetero) is 1. The highest BCUT2D eigenvalue weighted by molar-refractivity contribution is 9.10. The Labute approximate surface area is 126 Å². The second-order valence-corrected chi connectivity index (χ2v) is 5.12. The van der Waals surface area contributed by atoms with E-state index in [2.05, 4.69) is 15.9 Å². The molecule has 0 aliphatic rings. The lowest BCUT2D eigenvalue weighted by atomic mass is 10.0. The van der Waals surface area contributed by atoms with E-state index in [0.29, 0.717) is 23.5 Å². The average Bonchev–Trinajstić information content (AvgIpc) is 2.49. The van der Waals surface area contributed by atoms with E-state index in [4.69, 9.17) is 9.47 Å². The summed E-state index contributed by atoms with van der Waals surface area (Å²) >= 11 is 3.46. The van der Waals surface area contributed by atoms with Crippen molar-refractivity contribution in [1.82, 2.24) is 0 Å². The molecular weight excluding hydrogens is 320 g/mol. The first-order valence-corrected chi connectivity index (χ1v) is 6.93. The van der Waals surface area contributed by atoms with Crippen LogP contribution in [0.2, 0.25) is 0 Å². The predicted octanol–water partition coefficient (Wildman–Crippen LogP) is 3.89. The van der Waals surface area contributed by atoms with E-state index < -0.39 is 0 Å². The molecule has 0 heterocycles. The van der Waals surface area contributed by atoms with Crippen LogP contribution in [-0.2, 0) is 6.42 Å². The molecule has 0 fully saturated rings. The third-order valence-electron chi connectivity index (χ3n) is 3.00. The van der Waals surface area contributed by atoms with Crippen molar-refractivity contribution in [3.63, 3.8) is 0 Å². The third-order valence-corrected chi connectivity index (χ3v) is 3.74. The Morgan fingerprint density at radius 1 is 1.05 bits per heavy atom. The lowest BCUT2D eigenvalue weighted by Gasteiger charge is -2.11. The minimum Gasteiger partial charge on any atom is -0.493 e. The zero-order chi connectivity index (χ0) is 14.5. The van der Waals surface area contributed by atoms with Crippen LogP contribution in [0.1, 0.15) is 15.9 Å². The molecule has 0 radical (unpaired) electrons. The minimum atomic E-state index is 0.0681. The van der Waals surface area contributed by atoms with Crippen LogP contribution in [0.15, 0.2) is 46.9 Å². The van der Waals surface area contributed by atoms with Gasteiger partial charge in [-0.1, -0.05) is 46.3 Å². The van der Waals surface area contributed by atoms with E-state index >= 15 is 0 Å². The summed E-state index contributed by atoms with van der Waals surface area (Å²) in [6.45, 7) is 0. The van der Waals surface area contributed by atoms with Crippen molar-refractivity contribution >= 4 is 21.7 Å². The minimum absolute atomic E-state index is 0.0681. The van der Waals surface area contributed by atoms with Gasteiger partial charge in [0.2, 0.25) is 0 Å². The summed E-state index contributed by atoms with van der Waals surface area (Å²) < 4.78 is 11.3. The molecule has 0 aliphatic carbocycles. The highest BCUT2D eigenvalue weighted by atomic mass is 79.9. The smallest absolute Gasteiger partial charge is 0.167 e. The summed E-state index contributed by atoms with van der Waals surface area (Å²) in [6, 6.07) is 12.9. The van der Waals surface area contributed by atoms with Crippen molar-refractivity contribution in [3.05, 3.63) is 58.1 Å². The predicted molar refractivity (Wildman–Crippen MR) is 81.7 cm³/mol. The maximum absolute atomic E-state index is 12.2. The van der Waals surface area contributed by atoms with E-state index in [1.54, 1.807) is 14.2 Å². The molecule has 104 valence electrons. The molecule has 20 heavy (non-hydrogen) atoms. The number of halogens is 1. The molecule has 2 rings (SSSR count). The van der Waals surface area contributed by atoms with Crippen LogP contribution in [0, 0.1) is 0 Å². The van der Waals surface area contributed by atoms with Crippen molar-refractivity contribution in [3.8, 4) is 11.5 Å². The molecule has 0 spiro atoms. The Balaban J connectivity index is 2.28. The van der Waals surface area contributed by atoms with Gasteiger partial charge in [0, 0.05) is 16.5 Å². The van der Waals surface area contributed by atoms with Gasteiger partial charge in [0.05, 0.1) is 14.2 Å². The van der Waals surface area contributed by atoms with Gasteiger partial charge >= 0.3 is 0 Å². The van der Waals surface area contributed by atoms with Gasteiger partial charge in [0.15, 0.2) is 17.3 Å². The number of hydrogen-bond acceptors (Lipinski definition) is 3. The number of carbonyl (C=O) groups excluding carboxylic acids is 1. The largest absolute Gasteiger partial charge is 0.493 e. The van der Waals surface area contributed by atoms with Gasteiger partial charge in [0.1, 0.15) is 0 Å². The van der Waals surface area contributed by atoms with Gasteiger partial charge in [-0.15, -0.1) is 0 Å². The molecule has 2 aromatic rings. The second kappa shape index (κ2) is 6.57. The Morgan fingerprint density at radius 3 is 2.25 bits per heavy atom. The summed E-state index contributed by atoms with van der Waals surface area (Å²) in [7, 11) is 3.16. The standard InChI is InChI=1S/C16H15BrO3/c1-19-15-9-12(13(17)10-16(15)20-2)8-14(18)11-6-4-3-5-7-11/h3-7,9-10H,8H2,1-2H3. The molecule has 0 saturated heterocycles. The molecule has 0 aliphatic heterocycles. The quantitative estimate of drug-likeness (QED) is 0.778. The number of methoxy groups -OCH3 is 2. The number of ketones is 1. The molecule has 0 unspecified atom stereocenters. The van der Waals surface area contributed by atoms with Crippen LogP contribution in [0.3, 0.4) is 0 Å². The SMILES string of the molecule is COc1cc(Br)c(CC(=O)c2ccccc2)cc1OC. The van der Waals surface area contributed by atoms with Gasteiger partial charge < -0.3 is 9.47 Å². The van der Waals surface area contributed by atoms with Crippen molar-refractivity contribution in [2.24, 2.45) is 0 Å². The maximum Gasteiger partial charge on any atom is 0.167 e. The fourth-order valence-corrected chi connectivity index (χ4v) is 2.39. The van der Waals surface area contributed by atoms with Gasteiger partial charge in [-0.3, -0.25) is 4.79 Å².